The summed E-state index contributed by atoms with van der Waals surface area (Å²) in [6, 6.07) is 10.2. The number of carboxylic acids is 1. The molecule has 11 heteroatoms. The van der Waals surface area contributed by atoms with Crippen molar-refractivity contribution in [2.24, 2.45) is 5.73 Å². The van der Waals surface area contributed by atoms with Crippen molar-refractivity contribution >= 4 is 40.4 Å². The fourth-order valence-electron chi connectivity index (χ4n) is 2.95. The van der Waals surface area contributed by atoms with E-state index in [-0.39, 0.29) is 21.6 Å². The fourth-order valence-corrected chi connectivity index (χ4v) is 4.09. The van der Waals surface area contributed by atoms with Crippen LogP contribution in [0.3, 0.4) is 0 Å². The quantitative estimate of drug-likeness (QED) is 0.548. The Hall–Kier alpha value is -4.25. The van der Waals surface area contributed by atoms with E-state index < -0.39 is 40.3 Å². The Morgan fingerprint density at radius 3 is 2.38 bits per heavy atom. The molecule has 8 nitrogen and oxygen atoms in total. The first kappa shape index (κ1) is 24.4. The number of primary amides is 1. The lowest BCUT2D eigenvalue weighted by Gasteiger charge is -2.27. The van der Waals surface area contributed by atoms with Crippen LogP contribution in [0.15, 0.2) is 65.8 Å². The number of aromatic carboxylic acids is 1. The molecule has 3 aromatic rings. The molecule has 1 unspecified atom stereocenters. The number of carbonyl (C=O) groups is 3. The Bertz CT molecular complexity index is 1350. The van der Waals surface area contributed by atoms with Gasteiger partial charge in [0.25, 0.3) is 0 Å². The average molecular weight is 485 g/mol. The number of nitrogens with two attached hydrogens (primary N) is 1. The van der Waals surface area contributed by atoms with Crippen LogP contribution in [-0.4, -0.2) is 39.0 Å². The minimum atomic E-state index is -1.86. The molecule has 0 spiro atoms. The van der Waals surface area contributed by atoms with Crippen LogP contribution in [0.25, 0.3) is 6.08 Å². The number of Topliss-reactive ketones (excluding diaryl/α,β-unsaturated/α-hetero) is 1. The Balaban J connectivity index is 0.000000302. The number of carboxylic acid groups (broad SMARTS) is 1. The van der Waals surface area contributed by atoms with Gasteiger partial charge in [0.15, 0.2) is 22.6 Å². The van der Waals surface area contributed by atoms with Gasteiger partial charge in [0.1, 0.15) is 4.91 Å². The number of ketones is 1. The Morgan fingerprint density at radius 1 is 1.09 bits per heavy atom. The van der Waals surface area contributed by atoms with Gasteiger partial charge in [-0.2, -0.15) is 0 Å². The normalized spacial score (nSPS) is 15.9. The van der Waals surface area contributed by atoms with Crippen molar-refractivity contribution in [1.29, 1.82) is 0 Å². The molecule has 0 radical (unpaired) electrons. The first-order valence-corrected chi connectivity index (χ1v) is 10.6. The van der Waals surface area contributed by atoms with E-state index >= 15 is 0 Å². The molecule has 174 valence electrons. The van der Waals surface area contributed by atoms with Crippen LogP contribution in [-0.2, 0) is 11.0 Å². The summed E-state index contributed by atoms with van der Waals surface area (Å²) in [5, 5.41) is 9.07. The van der Waals surface area contributed by atoms with Gasteiger partial charge in [-0.25, -0.2) is 17.8 Å². The number of hydrogen-bond donors (Lipinski definition) is 2. The van der Waals surface area contributed by atoms with Gasteiger partial charge < -0.3 is 10.8 Å². The summed E-state index contributed by atoms with van der Waals surface area (Å²) in [6.45, 7) is 0. The highest BCUT2D eigenvalue weighted by Crippen LogP contribution is 2.33. The largest absolute Gasteiger partial charge is 0.478 e. The highest BCUT2D eigenvalue weighted by atomic mass is 32.2. The minimum absolute atomic E-state index is 0.0795. The third-order valence-electron chi connectivity index (χ3n) is 4.68. The predicted molar refractivity (Wildman–Crippen MR) is 121 cm³/mol. The van der Waals surface area contributed by atoms with E-state index in [1.165, 1.54) is 47.9 Å². The average Bonchev–Trinajstić information content (AvgIpc) is 2.83. The van der Waals surface area contributed by atoms with Crippen LogP contribution in [0, 0.1) is 11.6 Å². The summed E-state index contributed by atoms with van der Waals surface area (Å²) in [5.41, 5.74) is 5.87. The van der Waals surface area contributed by atoms with Gasteiger partial charge in [-0.1, -0.05) is 6.07 Å². The first-order chi connectivity index (χ1) is 16.1. The molecular formula is C23H17F2N3O5S. The number of anilines is 1. The number of carbonyl (C=O) groups excluding carboxylic acids is 2. The van der Waals surface area contributed by atoms with Crippen LogP contribution in [0.2, 0.25) is 0 Å². The molecule has 3 N–H and O–H groups in total. The SMILES string of the molecule is CN1c2ccc(C(=O)O)cc2C(=O)/C(=C\c2ccc(F)c(F)c2)S1=O.NC(=O)c1cccnc1. The van der Waals surface area contributed by atoms with Crippen molar-refractivity contribution in [3.63, 3.8) is 0 Å². The molecule has 0 saturated heterocycles. The molecule has 0 fully saturated rings. The number of fused-ring (bicyclic) bond motifs is 1. The van der Waals surface area contributed by atoms with Crippen LogP contribution in [0.4, 0.5) is 14.5 Å². The molecule has 4 rings (SSSR count). The molecule has 34 heavy (non-hydrogen) atoms. The van der Waals surface area contributed by atoms with Crippen molar-refractivity contribution in [2.45, 2.75) is 0 Å². The summed E-state index contributed by atoms with van der Waals surface area (Å²) >= 11 is 0. The molecule has 2 heterocycles. The fraction of sp³-hybridized carbons (Fsp3) is 0.0435. The topological polar surface area (TPSA) is 131 Å². The number of halogens is 2. The maximum atomic E-state index is 13.3. The van der Waals surface area contributed by atoms with E-state index in [4.69, 9.17) is 10.8 Å². The van der Waals surface area contributed by atoms with Gasteiger partial charge in [-0.3, -0.25) is 18.9 Å². The van der Waals surface area contributed by atoms with E-state index in [1.807, 2.05) is 0 Å². The summed E-state index contributed by atoms with van der Waals surface area (Å²) in [6.07, 6.45) is 4.22. The number of pyridine rings is 1. The Labute approximate surface area is 194 Å². The maximum absolute atomic E-state index is 13.3. The third kappa shape index (κ3) is 5.21. The van der Waals surface area contributed by atoms with E-state index in [2.05, 4.69) is 4.98 Å². The van der Waals surface area contributed by atoms with Gasteiger partial charge in [0.2, 0.25) is 11.7 Å². The molecule has 1 amide bonds. The van der Waals surface area contributed by atoms with Crippen LogP contribution in [0.5, 0.6) is 0 Å². The van der Waals surface area contributed by atoms with Crippen molar-refractivity contribution in [1.82, 2.24) is 4.98 Å². The zero-order valence-electron chi connectivity index (χ0n) is 17.6. The molecule has 0 aliphatic carbocycles. The van der Waals surface area contributed by atoms with E-state index in [1.54, 1.807) is 18.3 Å². The van der Waals surface area contributed by atoms with Gasteiger partial charge in [-0.15, -0.1) is 0 Å². The highest BCUT2D eigenvalue weighted by Gasteiger charge is 2.32. The number of nitrogens with zero attached hydrogens (tertiary/aromatic N) is 2. The zero-order chi connectivity index (χ0) is 25.0. The second kappa shape index (κ2) is 10.1. The lowest BCUT2D eigenvalue weighted by atomic mass is 10.0. The molecular weight excluding hydrogens is 468 g/mol. The zero-order valence-corrected chi connectivity index (χ0v) is 18.4. The number of aromatic nitrogens is 1. The molecule has 1 aliphatic rings. The molecule has 2 aromatic carbocycles. The predicted octanol–water partition coefficient (Wildman–Crippen LogP) is 3.18. The van der Waals surface area contributed by atoms with Crippen LogP contribution in [0.1, 0.15) is 36.6 Å². The number of rotatable bonds is 3. The lowest BCUT2D eigenvalue weighted by molar-refractivity contribution is 0.0696. The van der Waals surface area contributed by atoms with E-state index in [9.17, 15) is 27.4 Å². The van der Waals surface area contributed by atoms with Crippen molar-refractivity contribution in [3.8, 4) is 0 Å². The van der Waals surface area contributed by atoms with Crippen LogP contribution >= 0.6 is 0 Å². The Morgan fingerprint density at radius 2 is 1.82 bits per heavy atom. The van der Waals surface area contributed by atoms with Crippen molar-refractivity contribution in [3.05, 3.63) is 99.7 Å². The minimum Gasteiger partial charge on any atom is -0.478 e. The second-order valence-electron chi connectivity index (χ2n) is 6.90. The van der Waals surface area contributed by atoms with E-state index in [0.29, 0.717) is 11.3 Å². The number of amides is 1. The van der Waals surface area contributed by atoms with Gasteiger partial charge >= 0.3 is 5.97 Å². The highest BCUT2D eigenvalue weighted by molar-refractivity contribution is 7.91. The number of allylic oxidation sites excluding steroid dienone is 1. The van der Waals surface area contributed by atoms with Gasteiger partial charge in [-0.05, 0) is 54.1 Å². The summed E-state index contributed by atoms with van der Waals surface area (Å²) in [5.74, 6) is -4.39. The number of benzene rings is 2. The molecule has 1 aliphatic heterocycles. The summed E-state index contributed by atoms with van der Waals surface area (Å²) in [7, 11) is -0.376. The molecule has 0 bridgehead atoms. The smallest absolute Gasteiger partial charge is 0.335 e. The molecule has 0 saturated carbocycles. The maximum Gasteiger partial charge on any atom is 0.335 e. The summed E-state index contributed by atoms with van der Waals surface area (Å²) < 4.78 is 40.2. The first-order valence-electron chi connectivity index (χ1n) is 9.54. The standard InChI is InChI=1S/C17H11F2NO4S.C6H6N2O/c1-20-14-5-3-10(17(22)23)8-11(14)16(21)15(25(20)24)7-9-2-4-12(18)13(19)6-9;7-6(9)5-2-1-3-8-4-5/h2-8H,1H3,(H,22,23);1-4H,(H2,7,9)/b15-7+;. The van der Waals surface area contributed by atoms with Crippen LogP contribution < -0.4 is 10.0 Å². The molecule has 1 aromatic heterocycles. The van der Waals surface area contributed by atoms with E-state index in [0.717, 1.165) is 12.1 Å². The van der Waals surface area contributed by atoms with Gasteiger partial charge in [0.05, 0.1) is 16.8 Å². The molecule has 1 atom stereocenters. The van der Waals surface area contributed by atoms with Gasteiger partial charge in [0, 0.05) is 25.0 Å². The van der Waals surface area contributed by atoms with Crippen molar-refractivity contribution in [2.75, 3.05) is 11.4 Å². The lowest BCUT2D eigenvalue weighted by Crippen LogP contribution is -2.31. The summed E-state index contributed by atoms with van der Waals surface area (Å²) in [4.78, 5) is 37.7. The number of hydrogen-bond acceptors (Lipinski definition) is 5. The Kier molecular flexibility index (Phi) is 7.27. The monoisotopic (exact) mass is 485 g/mol. The van der Waals surface area contributed by atoms with Crippen molar-refractivity contribution < 1.29 is 32.5 Å². The third-order valence-corrected chi connectivity index (χ3v) is 6.05. The second-order valence-corrected chi connectivity index (χ2v) is 8.39.